The zero-order valence-corrected chi connectivity index (χ0v) is 13.0. The molecule has 0 aliphatic carbocycles. The lowest BCUT2D eigenvalue weighted by Crippen LogP contribution is -2.39. The molecule has 0 bridgehead atoms. The van der Waals surface area contributed by atoms with Gasteiger partial charge in [-0.2, -0.15) is 0 Å². The number of rotatable bonds is 6. The Balaban J connectivity index is 1.87. The molecular formula is C17H27NO2. The number of hydrogen-bond acceptors (Lipinski definition) is 3. The van der Waals surface area contributed by atoms with Crippen LogP contribution in [0.3, 0.4) is 0 Å². The van der Waals surface area contributed by atoms with Crippen LogP contribution in [-0.2, 0) is 4.74 Å². The summed E-state index contributed by atoms with van der Waals surface area (Å²) in [5.74, 6) is 2.19. The second kappa shape index (κ2) is 7.65. The van der Waals surface area contributed by atoms with Crippen molar-refractivity contribution >= 4 is 0 Å². The Labute approximate surface area is 122 Å². The van der Waals surface area contributed by atoms with Crippen LogP contribution in [0.15, 0.2) is 24.3 Å². The molecule has 0 spiro atoms. The van der Waals surface area contributed by atoms with Gasteiger partial charge in [-0.3, -0.25) is 0 Å². The summed E-state index contributed by atoms with van der Waals surface area (Å²) in [5.41, 5.74) is 1.39. The highest BCUT2D eigenvalue weighted by molar-refractivity contribution is 5.29. The van der Waals surface area contributed by atoms with Crippen LogP contribution >= 0.6 is 0 Å². The van der Waals surface area contributed by atoms with E-state index in [0.717, 1.165) is 18.9 Å². The molecule has 3 nitrogen and oxygen atoms in total. The van der Waals surface area contributed by atoms with Crippen molar-refractivity contribution in [2.24, 2.45) is 5.92 Å². The van der Waals surface area contributed by atoms with Crippen LogP contribution in [0.4, 0.5) is 0 Å². The van der Waals surface area contributed by atoms with Crippen LogP contribution in [0.25, 0.3) is 0 Å². The Morgan fingerprint density at radius 1 is 1.25 bits per heavy atom. The summed E-state index contributed by atoms with van der Waals surface area (Å²) >= 11 is 0. The first-order chi connectivity index (χ1) is 9.72. The molecule has 0 N–H and O–H groups in total. The zero-order chi connectivity index (χ0) is 14.4. The molecule has 1 saturated heterocycles. The van der Waals surface area contributed by atoms with Gasteiger partial charge in [0, 0.05) is 20.2 Å². The first-order valence-corrected chi connectivity index (χ1v) is 7.58. The number of hydrogen-bond donors (Lipinski definition) is 0. The Morgan fingerprint density at radius 2 is 2.00 bits per heavy atom. The Hall–Kier alpha value is -1.06. The first kappa shape index (κ1) is 15.3. The predicted octanol–water partition coefficient (Wildman–Crippen LogP) is 3.16. The van der Waals surface area contributed by atoms with Crippen molar-refractivity contribution in [3.8, 4) is 5.75 Å². The number of likely N-dealkylation sites (tertiary alicyclic amines) is 1. The minimum atomic E-state index is 0.558. The van der Waals surface area contributed by atoms with Gasteiger partial charge < -0.3 is 14.4 Å². The summed E-state index contributed by atoms with van der Waals surface area (Å²) in [6.07, 6.45) is 2.60. The minimum absolute atomic E-state index is 0.558. The van der Waals surface area contributed by atoms with Gasteiger partial charge >= 0.3 is 0 Å². The average molecular weight is 277 g/mol. The summed E-state index contributed by atoms with van der Waals surface area (Å²) in [5, 5.41) is 0. The molecule has 0 radical (unpaired) electrons. The summed E-state index contributed by atoms with van der Waals surface area (Å²) in [6, 6.07) is 8.46. The smallest absolute Gasteiger partial charge is 0.118 e. The molecule has 2 atom stereocenters. The van der Waals surface area contributed by atoms with Crippen molar-refractivity contribution in [1.82, 2.24) is 4.90 Å². The van der Waals surface area contributed by atoms with Gasteiger partial charge in [-0.05, 0) is 48.9 Å². The van der Waals surface area contributed by atoms with Crippen molar-refractivity contribution < 1.29 is 9.47 Å². The molecule has 1 heterocycles. The fourth-order valence-corrected chi connectivity index (χ4v) is 3.11. The van der Waals surface area contributed by atoms with E-state index >= 15 is 0 Å². The average Bonchev–Trinajstić information content (AvgIpc) is 2.48. The van der Waals surface area contributed by atoms with Gasteiger partial charge in [-0.1, -0.05) is 19.1 Å². The molecular weight excluding hydrogens is 250 g/mol. The molecule has 0 saturated carbocycles. The molecule has 112 valence electrons. The number of methoxy groups -OCH3 is 2. The van der Waals surface area contributed by atoms with Crippen LogP contribution in [0, 0.1) is 5.92 Å². The molecule has 1 aliphatic rings. The van der Waals surface area contributed by atoms with Gasteiger partial charge in [-0.25, -0.2) is 0 Å². The molecule has 1 aromatic rings. The maximum atomic E-state index is 5.30. The van der Waals surface area contributed by atoms with E-state index in [0.29, 0.717) is 11.8 Å². The summed E-state index contributed by atoms with van der Waals surface area (Å²) in [7, 11) is 3.51. The summed E-state index contributed by atoms with van der Waals surface area (Å²) in [6.45, 7) is 6.73. The van der Waals surface area contributed by atoms with Crippen LogP contribution in [0.1, 0.15) is 31.2 Å². The molecule has 2 unspecified atom stereocenters. The maximum Gasteiger partial charge on any atom is 0.118 e. The Morgan fingerprint density at radius 3 is 2.65 bits per heavy atom. The number of piperidine rings is 1. The van der Waals surface area contributed by atoms with E-state index in [2.05, 4.69) is 36.1 Å². The van der Waals surface area contributed by atoms with Crippen molar-refractivity contribution in [3.05, 3.63) is 29.8 Å². The highest BCUT2D eigenvalue weighted by atomic mass is 16.5. The van der Waals surface area contributed by atoms with E-state index < -0.39 is 0 Å². The summed E-state index contributed by atoms with van der Waals surface area (Å²) < 4.78 is 10.5. The Kier molecular flexibility index (Phi) is 5.86. The van der Waals surface area contributed by atoms with Gasteiger partial charge in [0.2, 0.25) is 0 Å². The second-order valence-corrected chi connectivity index (χ2v) is 5.90. The monoisotopic (exact) mass is 277 g/mol. The third-order valence-corrected chi connectivity index (χ3v) is 4.22. The highest BCUT2D eigenvalue weighted by Crippen LogP contribution is 2.23. The third kappa shape index (κ3) is 4.22. The van der Waals surface area contributed by atoms with E-state index in [-0.39, 0.29) is 0 Å². The minimum Gasteiger partial charge on any atom is -0.497 e. The lowest BCUT2D eigenvalue weighted by molar-refractivity contribution is 0.0883. The van der Waals surface area contributed by atoms with E-state index in [4.69, 9.17) is 9.47 Å². The van der Waals surface area contributed by atoms with E-state index in [1.165, 1.54) is 31.5 Å². The van der Waals surface area contributed by atoms with Crippen LogP contribution < -0.4 is 4.74 Å². The van der Waals surface area contributed by atoms with Crippen LogP contribution in [0.2, 0.25) is 0 Å². The maximum absolute atomic E-state index is 5.30. The molecule has 2 rings (SSSR count). The quantitative estimate of drug-likeness (QED) is 0.797. The normalized spacial score (nSPS) is 21.6. The Bertz CT molecular complexity index is 388. The van der Waals surface area contributed by atoms with E-state index in [1.807, 2.05) is 0 Å². The van der Waals surface area contributed by atoms with Crippen LogP contribution in [-0.4, -0.2) is 45.4 Å². The number of ether oxygens (including phenoxy) is 2. The van der Waals surface area contributed by atoms with Crippen LogP contribution in [0.5, 0.6) is 5.75 Å². The second-order valence-electron chi connectivity index (χ2n) is 5.90. The van der Waals surface area contributed by atoms with E-state index in [1.54, 1.807) is 14.2 Å². The van der Waals surface area contributed by atoms with E-state index in [9.17, 15) is 0 Å². The zero-order valence-electron chi connectivity index (χ0n) is 13.0. The molecule has 1 aromatic carbocycles. The fraction of sp³-hybridized carbons (Fsp3) is 0.647. The number of nitrogens with zero attached hydrogens (tertiary/aromatic N) is 1. The topological polar surface area (TPSA) is 21.7 Å². The van der Waals surface area contributed by atoms with Crippen molar-refractivity contribution in [2.75, 3.05) is 40.5 Å². The lowest BCUT2D eigenvalue weighted by Gasteiger charge is -2.34. The molecule has 0 aromatic heterocycles. The van der Waals surface area contributed by atoms with Crippen molar-refractivity contribution in [3.63, 3.8) is 0 Å². The van der Waals surface area contributed by atoms with Gasteiger partial charge in [0.1, 0.15) is 5.75 Å². The molecule has 0 amide bonds. The summed E-state index contributed by atoms with van der Waals surface area (Å²) in [4.78, 5) is 2.59. The van der Waals surface area contributed by atoms with Gasteiger partial charge in [0.25, 0.3) is 0 Å². The highest BCUT2D eigenvalue weighted by Gasteiger charge is 2.21. The fourth-order valence-electron chi connectivity index (χ4n) is 3.11. The number of benzene rings is 1. The first-order valence-electron chi connectivity index (χ1n) is 7.58. The van der Waals surface area contributed by atoms with Gasteiger partial charge in [-0.15, -0.1) is 0 Å². The van der Waals surface area contributed by atoms with Gasteiger partial charge in [0.05, 0.1) is 13.7 Å². The SMILES string of the molecule is COCC1CCCN(CC(C)c2ccc(OC)cc2)C1. The molecule has 1 aliphatic heterocycles. The molecule has 3 heteroatoms. The lowest BCUT2D eigenvalue weighted by atomic mass is 9.95. The van der Waals surface area contributed by atoms with Gasteiger partial charge in [0.15, 0.2) is 0 Å². The third-order valence-electron chi connectivity index (χ3n) is 4.22. The van der Waals surface area contributed by atoms with Crippen molar-refractivity contribution in [2.45, 2.75) is 25.7 Å². The van der Waals surface area contributed by atoms with Crippen molar-refractivity contribution in [1.29, 1.82) is 0 Å². The predicted molar refractivity (Wildman–Crippen MR) is 82.4 cm³/mol. The molecule has 1 fully saturated rings. The molecule has 20 heavy (non-hydrogen) atoms. The standard InChI is InChI=1S/C17H27NO2/c1-14(16-6-8-17(20-3)9-7-16)11-18-10-4-5-15(12-18)13-19-2/h6-9,14-15H,4-5,10-13H2,1-3H3. The largest absolute Gasteiger partial charge is 0.497 e.